The summed E-state index contributed by atoms with van der Waals surface area (Å²) in [7, 11) is -8.42. The third kappa shape index (κ3) is 20.8. The van der Waals surface area contributed by atoms with Crippen LogP contribution < -0.4 is 19.7 Å². The highest BCUT2D eigenvalue weighted by Gasteiger charge is 2.44. The lowest BCUT2D eigenvalue weighted by atomic mass is 9.77. The van der Waals surface area contributed by atoms with Crippen molar-refractivity contribution in [3.63, 3.8) is 0 Å². The van der Waals surface area contributed by atoms with Crippen LogP contribution in [-0.4, -0.2) is 176 Å². The number of ether oxygens (including phenoxy) is 6. The molecular formula is C56H82N3O20S3+. The molecule has 23 nitrogen and oxygen atoms in total. The summed E-state index contributed by atoms with van der Waals surface area (Å²) in [5, 5.41) is 20.6. The van der Waals surface area contributed by atoms with Gasteiger partial charge >= 0.3 is 5.97 Å². The highest BCUT2D eigenvalue weighted by molar-refractivity contribution is 7.87. The number of hydrogen-bond acceptors (Lipinski definition) is 20. The number of allylic oxidation sites excluding steroid dienone is 3. The van der Waals surface area contributed by atoms with Gasteiger partial charge in [0.15, 0.2) is 6.54 Å². The van der Waals surface area contributed by atoms with E-state index in [9.17, 15) is 44.8 Å². The highest BCUT2D eigenvalue weighted by Crippen LogP contribution is 2.51. The Balaban J connectivity index is 1.41. The molecule has 458 valence electrons. The molecule has 0 fully saturated rings. The Hall–Kier alpha value is -5.23. The summed E-state index contributed by atoms with van der Waals surface area (Å²) < 4.78 is 137. The molecule has 2 aromatic rings. The SMILES string of the molecule is COCCOCCOCCOCCOCCOCC[N+](CCCS(=O)(=O)OC)=c1ccc2c(C(C)(C)C)cc(C=CC=C3N(CCCCCC(=O)On4c(O)ccc4O)c4ccc(S(=O)(=O)OC)cc4C3(C)CCCS(=O)(=O)O)oc-2c1. The predicted molar refractivity (Wildman–Crippen MR) is 306 cm³/mol. The van der Waals surface area contributed by atoms with Gasteiger partial charge in [-0.2, -0.15) is 25.3 Å². The Labute approximate surface area is 482 Å². The molecule has 1 aromatic carbocycles. The molecule has 0 radical (unpaired) electrons. The Morgan fingerprint density at radius 1 is 0.707 bits per heavy atom. The van der Waals surface area contributed by atoms with Crippen molar-refractivity contribution in [3.05, 3.63) is 94.7 Å². The lowest BCUT2D eigenvalue weighted by molar-refractivity contribution is -0.145. The summed E-state index contributed by atoms with van der Waals surface area (Å²) in [6.45, 7) is 13.9. The maximum absolute atomic E-state index is 13.1. The van der Waals surface area contributed by atoms with E-state index in [-0.39, 0.29) is 41.7 Å². The molecule has 1 atom stereocenters. The largest absolute Gasteiger partial charge is 0.492 e. The van der Waals surface area contributed by atoms with Gasteiger partial charge in [0.2, 0.25) is 17.1 Å². The van der Waals surface area contributed by atoms with E-state index in [0.29, 0.717) is 145 Å². The fourth-order valence-corrected chi connectivity index (χ4v) is 11.1. The number of carbonyl (C=O) groups excluding carboxylic acids is 1. The minimum Gasteiger partial charge on any atom is -0.492 e. The van der Waals surface area contributed by atoms with Gasteiger partial charge in [-0.15, -0.1) is 4.73 Å². The predicted octanol–water partition coefficient (Wildman–Crippen LogP) is 5.66. The number of benzene rings is 2. The van der Waals surface area contributed by atoms with Crippen molar-refractivity contribution in [3.8, 4) is 23.1 Å². The van der Waals surface area contributed by atoms with Crippen LogP contribution in [0.15, 0.2) is 81.8 Å². The summed E-state index contributed by atoms with van der Waals surface area (Å²) in [6, 6.07) is 14.8. The highest BCUT2D eigenvalue weighted by atomic mass is 32.2. The first-order valence-electron chi connectivity index (χ1n) is 27.1. The number of anilines is 1. The lowest BCUT2D eigenvalue weighted by Crippen LogP contribution is -2.35. The van der Waals surface area contributed by atoms with Gasteiger partial charge in [-0.05, 0) is 91.6 Å². The normalized spacial score (nSPS) is 16.0. The summed E-state index contributed by atoms with van der Waals surface area (Å²) in [4.78, 5) is 19.7. The monoisotopic (exact) mass is 1210 g/mol. The van der Waals surface area contributed by atoms with Gasteiger partial charge < -0.3 is 52.8 Å². The molecular weight excluding hydrogens is 1130 g/mol. The first kappa shape index (κ1) is 67.6. The van der Waals surface area contributed by atoms with Gasteiger partial charge in [0, 0.05) is 67.1 Å². The summed E-state index contributed by atoms with van der Waals surface area (Å²) >= 11 is 0. The second-order valence-electron chi connectivity index (χ2n) is 20.5. The fourth-order valence-electron chi connectivity index (χ4n) is 9.27. The van der Waals surface area contributed by atoms with E-state index in [1.165, 1.54) is 24.3 Å². The van der Waals surface area contributed by atoms with Gasteiger partial charge in [-0.1, -0.05) is 33.3 Å². The zero-order chi connectivity index (χ0) is 60.0. The fraction of sp³-hybridized carbons (Fsp3) is 0.571. The Bertz CT molecular complexity index is 3110. The van der Waals surface area contributed by atoms with Crippen LogP contribution in [0.4, 0.5) is 5.69 Å². The lowest BCUT2D eigenvalue weighted by Gasteiger charge is -2.30. The Morgan fingerprint density at radius 3 is 1.91 bits per heavy atom. The van der Waals surface area contributed by atoms with E-state index in [1.54, 1.807) is 19.3 Å². The molecule has 0 spiro atoms. The third-order valence-electron chi connectivity index (χ3n) is 13.5. The van der Waals surface area contributed by atoms with E-state index < -0.39 is 59.3 Å². The molecule has 0 bridgehead atoms. The smallest absolute Gasteiger partial charge is 0.333 e. The number of aromatic nitrogens is 1. The molecule has 1 aromatic heterocycles. The van der Waals surface area contributed by atoms with Crippen molar-refractivity contribution >= 4 is 48.1 Å². The molecule has 5 rings (SSSR count). The quantitative estimate of drug-likeness (QED) is 0.0211. The number of aromatic hydroxyl groups is 2. The maximum Gasteiger partial charge on any atom is 0.333 e. The van der Waals surface area contributed by atoms with Crippen molar-refractivity contribution in [2.45, 2.75) is 88.4 Å². The summed E-state index contributed by atoms with van der Waals surface area (Å²) in [5.74, 6) is -1.23. The minimum absolute atomic E-state index is 0.0249. The van der Waals surface area contributed by atoms with Crippen LogP contribution in [0.5, 0.6) is 11.8 Å². The van der Waals surface area contributed by atoms with Gasteiger partial charge in [-0.3, -0.25) is 12.9 Å². The van der Waals surface area contributed by atoms with Crippen LogP contribution in [0.1, 0.15) is 89.5 Å². The van der Waals surface area contributed by atoms with E-state index in [0.717, 1.165) is 30.7 Å². The summed E-state index contributed by atoms with van der Waals surface area (Å²) in [5.41, 5.74) is 2.43. The first-order valence-corrected chi connectivity index (χ1v) is 31.7. The average molecular weight is 1210 g/mol. The van der Waals surface area contributed by atoms with E-state index in [1.807, 2.05) is 52.8 Å². The number of fused-ring (bicyclic) bond motifs is 2. The number of nitrogens with zero attached hydrogens (tertiary/aromatic N) is 3. The van der Waals surface area contributed by atoms with Gasteiger partial charge in [0.25, 0.3) is 30.4 Å². The minimum atomic E-state index is -4.36. The van der Waals surface area contributed by atoms with Crippen LogP contribution in [0.25, 0.3) is 17.4 Å². The van der Waals surface area contributed by atoms with Crippen LogP contribution >= 0.6 is 0 Å². The van der Waals surface area contributed by atoms with Crippen molar-refractivity contribution in [1.82, 2.24) is 9.31 Å². The van der Waals surface area contributed by atoms with Gasteiger partial charge in [0.1, 0.15) is 24.7 Å². The van der Waals surface area contributed by atoms with Crippen molar-refractivity contribution in [2.75, 3.05) is 130 Å². The van der Waals surface area contributed by atoms with E-state index >= 15 is 0 Å². The molecule has 2 aliphatic heterocycles. The molecule has 1 unspecified atom stereocenters. The second kappa shape index (κ2) is 32.2. The van der Waals surface area contributed by atoms with Crippen LogP contribution in [0.2, 0.25) is 0 Å². The van der Waals surface area contributed by atoms with E-state index in [2.05, 4.69) is 20.8 Å². The number of methoxy groups -OCH3 is 1. The van der Waals surface area contributed by atoms with Crippen LogP contribution in [0.3, 0.4) is 0 Å². The number of carbonyl (C=O) groups is 1. The molecule has 3 aliphatic rings. The number of hydrogen-bond donors (Lipinski definition) is 3. The molecule has 1 aliphatic carbocycles. The Morgan fingerprint density at radius 2 is 1.33 bits per heavy atom. The van der Waals surface area contributed by atoms with Gasteiger partial charge in [-0.25, -0.2) is 9.37 Å². The van der Waals surface area contributed by atoms with Gasteiger partial charge in [0.05, 0.1) is 103 Å². The maximum atomic E-state index is 13.1. The van der Waals surface area contributed by atoms with Crippen molar-refractivity contribution in [1.29, 1.82) is 0 Å². The molecule has 82 heavy (non-hydrogen) atoms. The zero-order valence-electron chi connectivity index (χ0n) is 48.0. The Kier molecular flexibility index (Phi) is 26.5. The molecule has 0 amide bonds. The molecule has 26 heteroatoms. The topological polar surface area (TPSA) is 288 Å². The molecule has 3 heterocycles. The standard InChI is InChI=1S/C56H81N3O20S3/c1-55(2,3)47-41-44(78-50-40-43(17-19-46(47)50)57(24-13-39-81(66,67)71-6)26-27-73-30-31-75-34-35-77-37-36-76-33-32-74-29-28-70-5)14-11-15-51-56(4,23-12-38-80(63,64)65)48-42-45(82(68,69)72-7)18-20-49(48)58(51)25-10-8-9-16-54(62)79-59-52(60)21-22-53(59)61/h11,14-15,17-22,40-42H,8-10,12-13,16,23-39H2,1-7H3,(H2-,60,61,63,64,65)/p+1. The first-order chi connectivity index (χ1) is 38.9. The van der Waals surface area contributed by atoms with E-state index in [4.69, 9.17) is 46.0 Å². The van der Waals surface area contributed by atoms with Crippen LogP contribution in [0, 0.1) is 0 Å². The van der Waals surface area contributed by atoms with Crippen LogP contribution in [-0.2, 0) is 82.8 Å². The summed E-state index contributed by atoms with van der Waals surface area (Å²) in [6.07, 6.45) is 7.39. The molecule has 3 N–H and O–H groups in total. The zero-order valence-corrected chi connectivity index (χ0v) is 50.5. The number of unbranched alkanes of at least 4 members (excludes halogenated alkanes) is 2. The third-order valence-corrected chi connectivity index (χ3v) is 16.9. The average Bonchev–Trinajstić information content (AvgIpc) is 1.98. The molecule has 0 saturated carbocycles. The van der Waals surface area contributed by atoms with Crippen molar-refractivity contribution in [2.24, 2.45) is 0 Å². The van der Waals surface area contributed by atoms with Crippen molar-refractivity contribution < 1.29 is 90.9 Å². The number of rotatable bonds is 38. The molecule has 0 saturated heterocycles. The second-order valence-corrected chi connectivity index (χ2v) is 25.7.